The summed E-state index contributed by atoms with van der Waals surface area (Å²) >= 11 is 0. The first kappa shape index (κ1) is 6.79. The summed E-state index contributed by atoms with van der Waals surface area (Å²) in [6.45, 7) is 4.16. The van der Waals surface area contributed by atoms with E-state index in [9.17, 15) is 4.39 Å². The van der Waals surface area contributed by atoms with Gasteiger partial charge in [-0.15, -0.1) is 0 Å². The van der Waals surface area contributed by atoms with E-state index < -0.39 is 6.17 Å². The molecule has 0 amide bonds. The highest BCUT2D eigenvalue weighted by Gasteiger charge is 2.15. The first-order valence-electron chi connectivity index (χ1n) is 3.52. The summed E-state index contributed by atoms with van der Waals surface area (Å²) in [7, 11) is 0. The van der Waals surface area contributed by atoms with Gasteiger partial charge in [0.15, 0.2) is 0 Å². The lowest BCUT2D eigenvalue weighted by atomic mass is 9.90. The molecule has 1 rings (SSSR count). The minimum Gasteiger partial charge on any atom is -0.243 e. The van der Waals surface area contributed by atoms with Crippen molar-refractivity contribution < 1.29 is 4.39 Å². The van der Waals surface area contributed by atoms with Crippen molar-refractivity contribution in [2.45, 2.75) is 32.9 Å². The van der Waals surface area contributed by atoms with E-state index in [2.05, 4.69) is 6.92 Å². The number of hydrogen-bond donors (Lipinski definition) is 0. The Morgan fingerprint density at radius 3 is 2.67 bits per heavy atom. The Balaban J connectivity index is 2.61. The van der Waals surface area contributed by atoms with Gasteiger partial charge in [-0.3, -0.25) is 0 Å². The van der Waals surface area contributed by atoms with Gasteiger partial charge in [-0.2, -0.15) is 0 Å². The first-order chi connectivity index (χ1) is 4.20. The summed E-state index contributed by atoms with van der Waals surface area (Å²) in [5.74, 6) is 0.608. The molecule has 0 nitrogen and oxygen atoms in total. The lowest BCUT2D eigenvalue weighted by Gasteiger charge is -2.19. The lowest BCUT2D eigenvalue weighted by molar-refractivity contribution is 0.333. The van der Waals surface area contributed by atoms with Gasteiger partial charge < -0.3 is 0 Å². The minimum absolute atomic E-state index is 0.608. The molecule has 0 aromatic rings. The second kappa shape index (κ2) is 2.51. The van der Waals surface area contributed by atoms with Crippen molar-refractivity contribution in [1.29, 1.82) is 0 Å². The van der Waals surface area contributed by atoms with Crippen LogP contribution < -0.4 is 0 Å². The molecule has 0 heterocycles. The molecule has 0 bridgehead atoms. The van der Waals surface area contributed by atoms with Gasteiger partial charge in [0.1, 0.15) is 6.17 Å². The third kappa shape index (κ3) is 1.54. The van der Waals surface area contributed by atoms with Gasteiger partial charge in [0, 0.05) is 0 Å². The normalized spacial score (nSPS) is 36.1. The maximum absolute atomic E-state index is 12.5. The van der Waals surface area contributed by atoms with Crippen LogP contribution in [0.4, 0.5) is 4.39 Å². The van der Waals surface area contributed by atoms with Crippen LogP contribution in [0.25, 0.3) is 0 Å². The van der Waals surface area contributed by atoms with Crippen LogP contribution in [0.2, 0.25) is 0 Å². The van der Waals surface area contributed by atoms with Crippen molar-refractivity contribution >= 4 is 0 Å². The summed E-state index contributed by atoms with van der Waals surface area (Å²) in [6.07, 6.45) is 2.82. The molecule has 9 heavy (non-hydrogen) atoms. The van der Waals surface area contributed by atoms with Crippen molar-refractivity contribution in [1.82, 2.24) is 0 Å². The molecule has 0 fully saturated rings. The molecule has 0 radical (unpaired) electrons. The summed E-state index contributed by atoms with van der Waals surface area (Å²) < 4.78 is 12.5. The summed E-state index contributed by atoms with van der Waals surface area (Å²) in [4.78, 5) is 0. The van der Waals surface area contributed by atoms with Crippen molar-refractivity contribution in [3.63, 3.8) is 0 Å². The maximum atomic E-state index is 12.5. The summed E-state index contributed by atoms with van der Waals surface area (Å²) in [6, 6.07) is 0. The van der Waals surface area contributed by atoms with Crippen LogP contribution in [-0.2, 0) is 0 Å². The molecule has 2 atom stereocenters. The van der Waals surface area contributed by atoms with Crippen LogP contribution in [0.3, 0.4) is 0 Å². The third-order valence-electron chi connectivity index (χ3n) is 2.10. The van der Waals surface area contributed by atoms with Crippen LogP contribution >= 0.6 is 0 Å². The molecule has 52 valence electrons. The molecular formula is C8H13F. The van der Waals surface area contributed by atoms with Crippen LogP contribution in [-0.4, -0.2) is 6.17 Å². The molecule has 2 unspecified atom stereocenters. The predicted octanol–water partition coefficient (Wildman–Crippen LogP) is 2.70. The van der Waals surface area contributed by atoms with E-state index >= 15 is 0 Å². The van der Waals surface area contributed by atoms with Crippen molar-refractivity contribution in [2.24, 2.45) is 5.92 Å². The molecule has 0 aromatic carbocycles. The van der Waals surface area contributed by atoms with Gasteiger partial charge in [0.05, 0.1) is 0 Å². The van der Waals surface area contributed by atoms with Crippen LogP contribution in [0.1, 0.15) is 26.7 Å². The standard InChI is InChI=1S/C8H13F/c1-6-3-4-8(9)5-7(6)2/h5-6,8H,3-4H2,1-2H3. The van der Waals surface area contributed by atoms with E-state index in [-0.39, 0.29) is 0 Å². The Hall–Kier alpha value is -0.330. The minimum atomic E-state index is -0.666. The summed E-state index contributed by atoms with van der Waals surface area (Å²) in [5.41, 5.74) is 1.22. The van der Waals surface area contributed by atoms with Gasteiger partial charge in [0.25, 0.3) is 0 Å². The Morgan fingerprint density at radius 1 is 1.56 bits per heavy atom. The van der Waals surface area contributed by atoms with Crippen LogP contribution in [0.15, 0.2) is 11.6 Å². The van der Waals surface area contributed by atoms with E-state index in [0.29, 0.717) is 5.92 Å². The highest BCUT2D eigenvalue weighted by molar-refractivity contribution is 5.08. The van der Waals surface area contributed by atoms with E-state index in [4.69, 9.17) is 0 Å². The molecule has 0 aliphatic heterocycles. The molecule has 1 aliphatic rings. The molecule has 1 heteroatoms. The van der Waals surface area contributed by atoms with Gasteiger partial charge in [-0.1, -0.05) is 18.6 Å². The second-order valence-electron chi connectivity index (χ2n) is 2.91. The molecule has 0 spiro atoms. The smallest absolute Gasteiger partial charge is 0.119 e. The van der Waals surface area contributed by atoms with E-state index in [1.807, 2.05) is 6.92 Å². The van der Waals surface area contributed by atoms with Gasteiger partial charge in [-0.25, -0.2) is 4.39 Å². The van der Waals surface area contributed by atoms with Crippen molar-refractivity contribution in [3.05, 3.63) is 11.6 Å². The zero-order chi connectivity index (χ0) is 6.85. The highest BCUT2D eigenvalue weighted by atomic mass is 19.1. The molecule has 0 N–H and O–H groups in total. The maximum Gasteiger partial charge on any atom is 0.119 e. The zero-order valence-electron chi connectivity index (χ0n) is 6.02. The Labute approximate surface area is 55.8 Å². The predicted molar refractivity (Wildman–Crippen MR) is 37.1 cm³/mol. The third-order valence-corrected chi connectivity index (χ3v) is 2.10. The Kier molecular flexibility index (Phi) is 1.89. The number of hydrogen-bond acceptors (Lipinski definition) is 0. The molecular weight excluding hydrogens is 115 g/mol. The van der Waals surface area contributed by atoms with Gasteiger partial charge in [-0.05, 0) is 25.7 Å². The Bertz CT molecular complexity index is 127. The molecule has 0 saturated heterocycles. The largest absolute Gasteiger partial charge is 0.243 e. The molecule has 0 aromatic heterocycles. The zero-order valence-corrected chi connectivity index (χ0v) is 6.02. The van der Waals surface area contributed by atoms with Crippen molar-refractivity contribution in [2.75, 3.05) is 0 Å². The highest BCUT2D eigenvalue weighted by Crippen LogP contribution is 2.24. The lowest BCUT2D eigenvalue weighted by Crippen LogP contribution is -2.10. The fourth-order valence-electron chi connectivity index (χ4n) is 1.17. The van der Waals surface area contributed by atoms with Crippen molar-refractivity contribution in [3.8, 4) is 0 Å². The number of rotatable bonds is 0. The Morgan fingerprint density at radius 2 is 2.22 bits per heavy atom. The average molecular weight is 128 g/mol. The summed E-state index contributed by atoms with van der Waals surface area (Å²) in [5, 5.41) is 0. The fourth-order valence-corrected chi connectivity index (χ4v) is 1.17. The van der Waals surface area contributed by atoms with E-state index in [1.165, 1.54) is 5.57 Å². The number of alkyl halides is 1. The fraction of sp³-hybridized carbons (Fsp3) is 0.750. The van der Waals surface area contributed by atoms with E-state index in [1.54, 1.807) is 6.08 Å². The number of halogens is 1. The SMILES string of the molecule is CC1=CC(F)CCC1C. The van der Waals surface area contributed by atoms with Crippen LogP contribution in [0.5, 0.6) is 0 Å². The van der Waals surface area contributed by atoms with E-state index in [0.717, 1.165) is 12.8 Å². The van der Waals surface area contributed by atoms with Gasteiger partial charge in [0.2, 0.25) is 0 Å². The molecule has 1 aliphatic carbocycles. The average Bonchev–Trinajstić information content (AvgIpc) is 1.80. The topological polar surface area (TPSA) is 0 Å². The van der Waals surface area contributed by atoms with Crippen LogP contribution in [0, 0.1) is 5.92 Å². The second-order valence-corrected chi connectivity index (χ2v) is 2.91. The van der Waals surface area contributed by atoms with Gasteiger partial charge >= 0.3 is 0 Å². The monoisotopic (exact) mass is 128 g/mol. The number of allylic oxidation sites excluding steroid dienone is 2. The first-order valence-corrected chi connectivity index (χ1v) is 3.52. The quantitative estimate of drug-likeness (QED) is 0.440. The molecule has 0 saturated carbocycles.